The molecule has 0 amide bonds. The SMILES string of the molecule is CCNC(=NCc1cc(Cl)c(OCC)c(OC)c1)NC1CC=CC1.I. The Hall–Kier alpha value is -1.15. The van der Waals surface area contributed by atoms with Gasteiger partial charge in [-0.05, 0) is 44.4 Å². The standard InChI is InChI=1S/C18H26ClN3O2.HI/c1-4-20-18(22-14-8-6-7-9-14)21-12-13-10-15(19)17(24-5-2)16(11-13)23-3;/h6-7,10-11,14H,4-5,8-9,12H2,1-3H3,(H2,20,21,22);1H. The first-order chi connectivity index (χ1) is 11.7. The summed E-state index contributed by atoms with van der Waals surface area (Å²) < 4.78 is 10.9. The first kappa shape index (κ1) is 21.9. The van der Waals surface area contributed by atoms with Crippen LogP contribution < -0.4 is 20.1 Å². The van der Waals surface area contributed by atoms with E-state index < -0.39 is 0 Å². The highest BCUT2D eigenvalue weighted by Gasteiger charge is 2.13. The normalized spacial score (nSPS) is 14.2. The lowest BCUT2D eigenvalue weighted by Crippen LogP contribution is -2.42. The quantitative estimate of drug-likeness (QED) is 0.267. The predicted molar refractivity (Wildman–Crippen MR) is 115 cm³/mol. The Labute approximate surface area is 172 Å². The summed E-state index contributed by atoms with van der Waals surface area (Å²) in [6.45, 7) is 5.84. The Bertz CT molecular complexity index is 600. The molecule has 0 spiro atoms. The second-order valence-electron chi connectivity index (χ2n) is 5.52. The molecule has 0 fully saturated rings. The number of benzene rings is 1. The van der Waals surface area contributed by atoms with Gasteiger partial charge in [0.25, 0.3) is 0 Å². The first-order valence-corrected chi connectivity index (χ1v) is 8.74. The summed E-state index contributed by atoms with van der Waals surface area (Å²) in [5.74, 6) is 2.03. The van der Waals surface area contributed by atoms with Crippen molar-refractivity contribution in [2.24, 2.45) is 4.99 Å². The van der Waals surface area contributed by atoms with Gasteiger partial charge in [0.15, 0.2) is 17.5 Å². The highest BCUT2D eigenvalue weighted by Crippen LogP contribution is 2.36. The van der Waals surface area contributed by atoms with E-state index in [4.69, 9.17) is 21.1 Å². The number of halogens is 2. The number of nitrogens with one attached hydrogen (secondary N) is 2. The third-order valence-electron chi connectivity index (χ3n) is 3.69. The highest BCUT2D eigenvalue weighted by molar-refractivity contribution is 14.0. The van der Waals surface area contributed by atoms with E-state index in [1.165, 1.54) is 0 Å². The minimum atomic E-state index is 0. The number of ether oxygens (including phenoxy) is 2. The van der Waals surface area contributed by atoms with Gasteiger partial charge in [0.05, 0.1) is 25.3 Å². The van der Waals surface area contributed by atoms with Gasteiger partial charge in [0, 0.05) is 12.6 Å². The molecule has 0 aromatic heterocycles. The van der Waals surface area contributed by atoms with Crippen LogP contribution in [0.2, 0.25) is 5.02 Å². The lowest BCUT2D eigenvalue weighted by Gasteiger charge is -2.17. The molecule has 2 N–H and O–H groups in total. The number of hydrogen-bond donors (Lipinski definition) is 2. The van der Waals surface area contributed by atoms with Crippen molar-refractivity contribution < 1.29 is 9.47 Å². The first-order valence-electron chi connectivity index (χ1n) is 8.37. The summed E-state index contributed by atoms with van der Waals surface area (Å²) in [4.78, 5) is 4.65. The molecule has 0 bridgehead atoms. The molecule has 0 unspecified atom stereocenters. The molecule has 2 rings (SSSR count). The molecule has 5 nitrogen and oxygen atoms in total. The van der Waals surface area contributed by atoms with Crippen molar-refractivity contribution in [2.45, 2.75) is 39.3 Å². The molecule has 7 heteroatoms. The molecule has 1 aliphatic carbocycles. The van der Waals surface area contributed by atoms with E-state index in [-0.39, 0.29) is 24.0 Å². The molecule has 0 saturated carbocycles. The van der Waals surface area contributed by atoms with Gasteiger partial charge in [0.2, 0.25) is 0 Å². The molecule has 0 radical (unpaired) electrons. The van der Waals surface area contributed by atoms with Crippen molar-refractivity contribution in [2.75, 3.05) is 20.3 Å². The van der Waals surface area contributed by atoms with Crippen LogP contribution in [0.3, 0.4) is 0 Å². The Morgan fingerprint density at radius 3 is 2.60 bits per heavy atom. The van der Waals surface area contributed by atoms with Crippen molar-refractivity contribution in [3.63, 3.8) is 0 Å². The predicted octanol–water partition coefficient (Wildman–Crippen LogP) is 4.14. The molecule has 0 saturated heterocycles. The fraction of sp³-hybridized carbons (Fsp3) is 0.500. The minimum absolute atomic E-state index is 0. The number of rotatable bonds is 7. The fourth-order valence-electron chi connectivity index (χ4n) is 2.57. The van der Waals surface area contributed by atoms with Gasteiger partial charge in [0.1, 0.15) is 0 Å². The smallest absolute Gasteiger partial charge is 0.191 e. The second kappa shape index (κ2) is 11.5. The molecule has 25 heavy (non-hydrogen) atoms. The van der Waals surface area contributed by atoms with Gasteiger partial charge < -0.3 is 20.1 Å². The molecular weight excluding hydrogens is 453 g/mol. The second-order valence-corrected chi connectivity index (χ2v) is 5.93. The largest absolute Gasteiger partial charge is 0.493 e. The zero-order chi connectivity index (χ0) is 17.4. The molecule has 140 valence electrons. The van der Waals surface area contributed by atoms with Crippen LogP contribution in [0.25, 0.3) is 0 Å². The minimum Gasteiger partial charge on any atom is -0.493 e. The highest BCUT2D eigenvalue weighted by atomic mass is 127. The molecule has 0 aliphatic heterocycles. The van der Waals surface area contributed by atoms with E-state index in [2.05, 4.69) is 34.7 Å². The molecule has 1 aliphatic rings. The third kappa shape index (κ3) is 6.58. The van der Waals surface area contributed by atoms with Crippen molar-refractivity contribution in [3.8, 4) is 11.5 Å². The fourth-order valence-corrected chi connectivity index (χ4v) is 2.86. The lowest BCUT2D eigenvalue weighted by atomic mass is 10.2. The van der Waals surface area contributed by atoms with Crippen LogP contribution >= 0.6 is 35.6 Å². The summed E-state index contributed by atoms with van der Waals surface area (Å²) in [5, 5.41) is 7.27. The van der Waals surface area contributed by atoms with Gasteiger partial charge in [-0.25, -0.2) is 4.99 Å². The molecule has 0 heterocycles. The molecular formula is C18H27ClIN3O2. The number of hydrogen-bond acceptors (Lipinski definition) is 3. The van der Waals surface area contributed by atoms with Gasteiger partial charge in [-0.2, -0.15) is 0 Å². The van der Waals surface area contributed by atoms with E-state index >= 15 is 0 Å². The van der Waals surface area contributed by atoms with Crippen LogP contribution in [-0.4, -0.2) is 32.3 Å². The summed E-state index contributed by atoms with van der Waals surface area (Å²) in [6, 6.07) is 4.21. The van der Waals surface area contributed by atoms with E-state index in [9.17, 15) is 0 Å². The zero-order valence-electron chi connectivity index (χ0n) is 15.0. The lowest BCUT2D eigenvalue weighted by molar-refractivity contribution is 0.311. The van der Waals surface area contributed by atoms with Crippen LogP contribution in [-0.2, 0) is 6.54 Å². The van der Waals surface area contributed by atoms with Crippen molar-refractivity contribution >= 4 is 41.5 Å². The Morgan fingerprint density at radius 1 is 1.28 bits per heavy atom. The van der Waals surface area contributed by atoms with Crippen molar-refractivity contribution in [1.82, 2.24) is 10.6 Å². The van der Waals surface area contributed by atoms with Gasteiger partial charge in [-0.15, -0.1) is 24.0 Å². The Kier molecular flexibility index (Phi) is 10.0. The Balaban J connectivity index is 0.00000312. The number of aliphatic imine (C=N–C) groups is 1. The van der Waals surface area contributed by atoms with Crippen molar-refractivity contribution in [3.05, 3.63) is 34.9 Å². The van der Waals surface area contributed by atoms with Gasteiger partial charge in [-0.1, -0.05) is 23.8 Å². The average molecular weight is 480 g/mol. The molecule has 1 aromatic carbocycles. The van der Waals surface area contributed by atoms with Crippen LogP contribution in [0.4, 0.5) is 0 Å². The number of guanidine groups is 1. The van der Waals surface area contributed by atoms with Gasteiger partial charge in [-0.3, -0.25) is 0 Å². The van der Waals surface area contributed by atoms with E-state index in [1.54, 1.807) is 7.11 Å². The van der Waals surface area contributed by atoms with Crippen molar-refractivity contribution in [1.29, 1.82) is 0 Å². The third-order valence-corrected chi connectivity index (χ3v) is 3.97. The maximum atomic E-state index is 6.31. The number of methoxy groups -OCH3 is 1. The summed E-state index contributed by atoms with van der Waals surface area (Å²) in [7, 11) is 1.61. The average Bonchev–Trinajstić information content (AvgIpc) is 3.08. The van der Waals surface area contributed by atoms with E-state index in [1.807, 2.05) is 19.1 Å². The monoisotopic (exact) mass is 479 g/mol. The number of nitrogens with zero attached hydrogens (tertiary/aromatic N) is 1. The topological polar surface area (TPSA) is 54.9 Å². The summed E-state index contributed by atoms with van der Waals surface area (Å²) >= 11 is 6.31. The van der Waals surface area contributed by atoms with Crippen LogP contribution in [0, 0.1) is 0 Å². The summed E-state index contributed by atoms with van der Waals surface area (Å²) in [6.07, 6.45) is 6.46. The van der Waals surface area contributed by atoms with Gasteiger partial charge >= 0.3 is 0 Å². The van der Waals surface area contributed by atoms with E-state index in [0.29, 0.717) is 35.7 Å². The summed E-state index contributed by atoms with van der Waals surface area (Å²) in [5.41, 5.74) is 0.974. The molecule has 1 aromatic rings. The van der Waals surface area contributed by atoms with Crippen LogP contribution in [0.5, 0.6) is 11.5 Å². The maximum Gasteiger partial charge on any atom is 0.191 e. The van der Waals surface area contributed by atoms with Crippen LogP contribution in [0.1, 0.15) is 32.3 Å². The van der Waals surface area contributed by atoms with Crippen LogP contribution in [0.15, 0.2) is 29.3 Å². The Morgan fingerprint density at radius 2 is 2.00 bits per heavy atom. The zero-order valence-corrected chi connectivity index (χ0v) is 18.1. The molecule has 0 atom stereocenters. The van der Waals surface area contributed by atoms with E-state index in [0.717, 1.165) is 30.9 Å². The maximum absolute atomic E-state index is 6.31.